The maximum absolute atomic E-state index is 12.6. The third-order valence-corrected chi connectivity index (χ3v) is 5.99. The van der Waals surface area contributed by atoms with Crippen LogP contribution >= 0.6 is 11.3 Å². The van der Waals surface area contributed by atoms with Crippen molar-refractivity contribution in [2.24, 2.45) is 0 Å². The van der Waals surface area contributed by atoms with E-state index < -0.39 is 10.0 Å². The van der Waals surface area contributed by atoms with Crippen molar-refractivity contribution < 1.29 is 8.42 Å². The molecule has 1 heterocycles. The van der Waals surface area contributed by atoms with E-state index in [9.17, 15) is 8.42 Å². The number of nitrogens with one attached hydrogen (secondary N) is 1. The Hall–Kier alpha value is -2.18. The SMILES string of the molecule is Cc1ccc(S(=O)(=O)Nc2ccc(-c3csc(C)n3)cc2)c(C)c1. The molecule has 0 radical (unpaired) electrons. The van der Waals surface area contributed by atoms with E-state index in [1.807, 2.05) is 37.4 Å². The summed E-state index contributed by atoms with van der Waals surface area (Å²) in [6.07, 6.45) is 0. The van der Waals surface area contributed by atoms with Crippen LogP contribution in [-0.2, 0) is 10.0 Å². The average Bonchev–Trinajstić information content (AvgIpc) is 2.93. The second-order valence-electron chi connectivity index (χ2n) is 5.70. The number of aryl methyl sites for hydroxylation is 3. The van der Waals surface area contributed by atoms with Crippen LogP contribution in [0.15, 0.2) is 52.7 Å². The Bertz CT molecular complexity index is 975. The number of sulfonamides is 1. The van der Waals surface area contributed by atoms with E-state index in [1.165, 1.54) is 0 Å². The number of hydrogen-bond donors (Lipinski definition) is 1. The van der Waals surface area contributed by atoms with Crippen molar-refractivity contribution in [3.05, 3.63) is 64.0 Å². The molecule has 4 nitrogen and oxygen atoms in total. The van der Waals surface area contributed by atoms with E-state index in [0.717, 1.165) is 27.4 Å². The lowest BCUT2D eigenvalue weighted by Crippen LogP contribution is -2.14. The first-order valence-electron chi connectivity index (χ1n) is 7.48. The zero-order valence-corrected chi connectivity index (χ0v) is 15.3. The lowest BCUT2D eigenvalue weighted by atomic mass is 10.1. The molecule has 124 valence electrons. The van der Waals surface area contributed by atoms with Gasteiger partial charge in [0.15, 0.2) is 0 Å². The Morgan fingerprint density at radius 1 is 1.00 bits per heavy atom. The molecule has 0 amide bonds. The minimum Gasteiger partial charge on any atom is -0.280 e. The topological polar surface area (TPSA) is 59.1 Å². The summed E-state index contributed by atoms with van der Waals surface area (Å²) in [4.78, 5) is 4.73. The quantitative estimate of drug-likeness (QED) is 0.745. The Morgan fingerprint density at radius 3 is 2.29 bits per heavy atom. The van der Waals surface area contributed by atoms with Gasteiger partial charge in [0.1, 0.15) is 0 Å². The normalized spacial score (nSPS) is 11.5. The van der Waals surface area contributed by atoms with Gasteiger partial charge in [-0.15, -0.1) is 11.3 Å². The molecule has 0 bridgehead atoms. The van der Waals surface area contributed by atoms with Crippen LogP contribution in [0.3, 0.4) is 0 Å². The van der Waals surface area contributed by atoms with E-state index in [0.29, 0.717) is 10.6 Å². The maximum atomic E-state index is 12.6. The standard InChI is InChI=1S/C18H18N2O2S2/c1-12-4-9-18(13(2)10-12)24(21,22)20-16-7-5-15(6-8-16)17-11-23-14(3)19-17/h4-11,20H,1-3H3. The molecule has 0 aliphatic rings. The van der Waals surface area contributed by atoms with Crippen LogP contribution in [0.5, 0.6) is 0 Å². The van der Waals surface area contributed by atoms with Crippen molar-refractivity contribution in [1.82, 2.24) is 4.98 Å². The number of rotatable bonds is 4. The Balaban J connectivity index is 1.85. The van der Waals surface area contributed by atoms with Crippen molar-refractivity contribution >= 4 is 27.0 Å². The molecule has 0 aliphatic carbocycles. The van der Waals surface area contributed by atoms with Crippen molar-refractivity contribution in [3.63, 3.8) is 0 Å². The van der Waals surface area contributed by atoms with E-state index in [1.54, 1.807) is 42.5 Å². The first kappa shape index (κ1) is 16.7. The van der Waals surface area contributed by atoms with Crippen LogP contribution in [0, 0.1) is 20.8 Å². The number of thiazole rings is 1. The van der Waals surface area contributed by atoms with Crippen LogP contribution in [0.2, 0.25) is 0 Å². The Labute approximate surface area is 146 Å². The summed E-state index contributed by atoms with van der Waals surface area (Å²) < 4.78 is 27.8. The van der Waals surface area contributed by atoms with Gasteiger partial charge < -0.3 is 0 Å². The van der Waals surface area contributed by atoms with Gasteiger partial charge in [0.05, 0.1) is 15.6 Å². The molecule has 3 aromatic rings. The molecule has 0 saturated carbocycles. The second-order valence-corrected chi connectivity index (χ2v) is 8.42. The highest BCUT2D eigenvalue weighted by Gasteiger charge is 2.17. The van der Waals surface area contributed by atoms with Crippen molar-refractivity contribution in [1.29, 1.82) is 0 Å². The van der Waals surface area contributed by atoms with Crippen molar-refractivity contribution in [2.75, 3.05) is 4.72 Å². The fourth-order valence-electron chi connectivity index (χ4n) is 2.52. The first-order chi connectivity index (χ1) is 11.3. The molecular weight excluding hydrogens is 340 g/mol. The smallest absolute Gasteiger partial charge is 0.262 e. The minimum absolute atomic E-state index is 0.298. The molecule has 1 aromatic heterocycles. The van der Waals surface area contributed by atoms with Crippen LogP contribution in [0.25, 0.3) is 11.3 Å². The molecule has 0 aliphatic heterocycles. The molecular formula is C18H18N2O2S2. The van der Waals surface area contributed by atoms with Gasteiger partial charge in [-0.05, 0) is 44.5 Å². The predicted octanol–water partition coefficient (Wildman–Crippen LogP) is 4.54. The zero-order chi connectivity index (χ0) is 17.3. The largest absolute Gasteiger partial charge is 0.280 e. The molecule has 1 N–H and O–H groups in total. The second kappa shape index (κ2) is 6.37. The number of hydrogen-bond acceptors (Lipinski definition) is 4. The molecule has 24 heavy (non-hydrogen) atoms. The molecule has 0 fully saturated rings. The molecule has 6 heteroatoms. The highest BCUT2D eigenvalue weighted by molar-refractivity contribution is 7.92. The fraction of sp³-hybridized carbons (Fsp3) is 0.167. The summed E-state index contributed by atoms with van der Waals surface area (Å²) in [5, 5.41) is 2.99. The third kappa shape index (κ3) is 3.49. The van der Waals surface area contributed by atoms with E-state index in [4.69, 9.17) is 0 Å². The summed E-state index contributed by atoms with van der Waals surface area (Å²) in [5.74, 6) is 0. The Morgan fingerprint density at radius 2 is 1.71 bits per heavy atom. The molecule has 0 saturated heterocycles. The fourth-order valence-corrected chi connectivity index (χ4v) is 4.42. The van der Waals surface area contributed by atoms with Gasteiger partial charge in [-0.2, -0.15) is 0 Å². The molecule has 2 aromatic carbocycles. The maximum Gasteiger partial charge on any atom is 0.262 e. The number of anilines is 1. The van der Waals surface area contributed by atoms with Crippen LogP contribution in [0.4, 0.5) is 5.69 Å². The number of aromatic nitrogens is 1. The average molecular weight is 358 g/mol. The van der Waals surface area contributed by atoms with Crippen LogP contribution in [-0.4, -0.2) is 13.4 Å². The lowest BCUT2D eigenvalue weighted by Gasteiger charge is -2.11. The number of nitrogens with zero attached hydrogens (tertiary/aromatic N) is 1. The van der Waals surface area contributed by atoms with Gasteiger partial charge in [0.2, 0.25) is 0 Å². The zero-order valence-electron chi connectivity index (χ0n) is 13.7. The summed E-state index contributed by atoms with van der Waals surface area (Å²) >= 11 is 1.59. The highest BCUT2D eigenvalue weighted by Crippen LogP contribution is 2.25. The third-order valence-electron chi connectivity index (χ3n) is 3.67. The van der Waals surface area contributed by atoms with Gasteiger partial charge in [-0.1, -0.05) is 29.8 Å². The Kier molecular flexibility index (Phi) is 4.43. The highest BCUT2D eigenvalue weighted by atomic mass is 32.2. The molecule has 0 unspecified atom stereocenters. The monoisotopic (exact) mass is 358 g/mol. The van der Waals surface area contributed by atoms with Crippen molar-refractivity contribution in [2.45, 2.75) is 25.7 Å². The van der Waals surface area contributed by atoms with E-state index >= 15 is 0 Å². The van der Waals surface area contributed by atoms with Gasteiger partial charge in [0, 0.05) is 16.6 Å². The van der Waals surface area contributed by atoms with Gasteiger partial charge in [-0.25, -0.2) is 13.4 Å². The van der Waals surface area contributed by atoms with Crippen molar-refractivity contribution in [3.8, 4) is 11.3 Å². The van der Waals surface area contributed by atoms with Gasteiger partial charge >= 0.3 is 0 Å². The molecule has 3 rings (SSSR count). The summed E-state index contributed by atoms with van der Waals surface area (Å²) in [6, 6.07) is 12.6. The minimum atomic E-state index is -3.60. The van der Waals surface area contributed by atoms with Gasteiger partial charge in [0.25, 0.3) is 10.0 Å². The molecule has 0 spiro atoms. The summed E-state index contributed by atoms with van der Waals surface area (Å²) in [7, 11) is -3.60. The summed E-state index contributed by atoms with van der Waals surface area (Å²) in [5.41, 5.74) is 4.17. The van der Waals surface area contributed by atoms with E-state index in [2.05, 4.69) is 9.71 Å². The summed E-state index contributed by atoms with van der Waals surface area (Å²) in [6.45, 7) is 5.70. The first-order valence-corrected chi connectivity index (χ1v) is 9.84. The van der Waals surface area contributed by atoms with Gasteiger partial charge in [-0.3, -0.25) is 4.72 Å². The van der Waals surface area contributed by atoms with Crippen LogP contribution < -0.4 is 4.72 Å². The number of benzene rings is 2. The van der Waals surface area contributed by atoms with E-state index in [-0.39, 0.29) is 0 Å². The molecule has 0 atom stereocenters. The lowest BCUT2D eigenvalue weighted by molar-refractivity contribution is 0.600. The predicted molar refractivity (Wildman–Crippen MR) is 99.0 cm³/mol. The van der Waals surface area contributed by atoms with Crippen LogP contribution in [0.1, 0.15) is 16.1 Å².